The molecule has 98 valence electrons. The lowest BCUT2D eigenvalue weighted by Crippen LogP contribution is -2.53. The van der Waals surface area contributed by atoms with Crippen LogP contribution in [-0.2, 0) is 11.2 Å². The van der Waals surface area contributed by atoms with E-state index in [0.717, 1.165) is 25.0 Å². The summed E-state index contributed by atoms with van der Waals surface area (Å²) < 4.78 is 0. The summed E-state index contributed by atoms with van der Waals surface area (Å²) in [6.45, 7) is 3.24. The van der Waals surface area contributed by atoms with E-state index in [-0.39, 0.29) is 11.3 Å². The van der Waals surface area contributed by atoms with Crippen LogP contribution in [0.25, 0.3) is 0 Å². The third-order valence-corrected chi connectivity index (χ3v) is 3.74. The fourth-order valence-electron chi connectivity index (χ4n) is 2.76. The molecule has 1 fully saturated rings. The predicted octanol–water partition coefficient (Wildman–Crippen LogP) is 1.12. The molecule has 1 aliphatic carbocycles. The van der Waals surface area contributed by atoms with Crippen molar-refractivity contribution >= 4 is 5.91 Å². The number of hydrogen-bond acceptors (Lipinski definition) is 3. The maximum Gasteiger partial charge on any atom is 0.227 e. The fraction of sp³-hybridized carbons (Fsp3) is 0.571. The van der Waals surface area contributed by atoms with Gasteiger partial charge in [-0.3, -0.25) is 9.78 Å². The van der Waals surface area contributed by atoms with Crippen molar-refractivity contribution in [2.75, 3.05) is 13.1 Å². The summed E-state index contributed by atoms with van der Waals surface area (Å²) in [5, 5.41) is 2.99. The number of carbonyl (C=O) groups is 1. The third-order valence-electron chi connectivity index (χ3n) is 3.74. The molecule has 4 heteroatoms. The van der Waals surface area contributed by atoms with Crippen LogP contribution in [0.2, 0.25) is 0 Å². The average molecular weight is 247 g/mol. The maximum absolute atomic E-state index is 12.1. The van der Waals surface area contributed by atoms with Crippen molar-refractivity contribution in [1.82, 2.24) is 10.3 Å². The Labute approximate surface area is 108 Å². The smallest absolute Gasteiger partial charge is 0.227 e. The number of amides is 1. The molecule has 0 aliphatic heterocycles. The van der Waals surface area contributed by atoms with E-state index in [2.05, 4.69) is 17.2 Å². The van der Waals surface area contributed by atoms with Crippen molar-refractivity contribution in [3.8, 4) is 0 Å². The van der Waals surface area contributed by atoms with Gasteiger partial charge in [0.15, 0.2) is 0 Å². The first-order valence-corrected chi connectivity index (χ1v) is 6.54. The van der Waals surface area contributed by atoms with Crippen LogP contribution in [0.1, 0.15) is 25.5 Å². The van der Waals surface area contributed by atoms with E-state index in [0.29, 0.717) is 19.0 Å². The van der Waals surface area contributed by atoms with Crippen LogP contribution >= 0.6 is 0 Å². The van der Waals surface area contributed by atoms with Crippen LogP contribution in [0, 0.1) is 11.3 Å². The summed E-state index contributed by atoms with van der Waals surface area (Å²) in [6, 6.07) is 5.82. The van der Waals surface area contributed by atoms with Gasteiger partial charge in [-0.15, -0.1) is 0 Å². The number of nitrogens with zero attached hydrogens (tertiary/aromatic N) is 1. The lowest BCUT2D eigenvalue weighted by Gasteiger charge is -2.44. The van der Waals surface area contributed by atoms with Gasteiger partial charge in [-0.2, -0.15) is 0 Å². The quantitative estimate of drug-likeness (QED) is 0.819. The van der Waals surface area contributed by atoms with E-state index in [9.17, 15) is 4.79 Å². The van der Waals surface area contributed by atoms with Gasteiger partial charge in [0.1, 0.15) is 0 Å². The zero-order chi connectivity index (χ0) is 13.0. The molecule has 1 saturated carbocycles. The summed E-state index contributed by atoms with van der Waals surface area (Å²) in [4.78, 5) is 16.3. The Kier molecular flexibility index (Phi) is 3.97. The molecule has 0 bridgehead atoms. The monoisotopic (exact) mass is 247 g/mol. The summed E-state index contributed by atoms with van der Waals surface area (Å²) in [6.07, 6.45) is 4.37. The van der Waals surface area contributed by atoms with E-state index in [1.807, 2.05) is 18.2 Å². The van der Waals surface area contributed by atoms with Crippen molar-refractivity contribution in [2.45, 2.75) is 26.2 Å². The van der Waals surface area contributed by atoms with Crippen molar-refractivity contribution in [1.29, 1.82) is 0 Å². The number of nitrogens with two attached hydrogens (primary N) is 1. The van der Waals surface area contributed by atoms with Gasteiger partial charge in [0.2, 0.25) is 5.91 Å². The summed E-state index contributed by atoms with van der Waals surface area (Å²) in [7, 11) is 0. The molecule has 1 aromatic heterocycles. The van der Waals surface area contributed by atoms with Crippen LogP contribution in [0.4, 0.5) is 0 Å². The van der Waals surface area contributed by atoms with Gasteiger partial charge in [0.25, 0.3) is 0 Å². The van der Waals surface area contributed by atoms with Crippen LogP contribution in [0.5, 0.6) is 0 Å². The second-order valence-corrected chi connectivity index (χ2v) is 5.32. The second-order valence-electron chi connectivity index (χ2n) is 5.32. The van der Waals surface area contributed by atoms with Crippen LogP contribution < -0.4 is 11.1 Å². The lowest BCUT2D eigenvalue weighted by atomic mass is 9.62. The Morgan fingerprint density at radius 3 is 2.89 bits per heavy atom. The van der Waals surface area contributed by atoms with E-state index >= 15 is 0 Å². The first kappa shape index (κ1) is 13.0. The molecule has 0 spiro atoms. The van der Waals surface area contributed by atoms with Crippen LogP contribution in [0.3, 0.4) is 0 Å². The molecule has 1 aliphatic rings. The fourth-order valence-corrected chi connectivity index (χ4v) is 2.76. The maximum atomic E-state index is 12.1. The molecular weight excluding hydrogens is 226 g/mol. The molecule has 4 nitrogen and oxygen atoms in total. The number of nitrogens with one attached hydrogen (secondary N) is 1. The van der Waals surface area contributed by atoms with E-state index in [1.165, 1.54) is 0 Å². The molecule has 0 aromatic carbocycles. The largest absolute Gasteiger partial charge is 0.355 e. The Balaban J connectivity index is 1.78. The third kappa shape index (κ3) is 2.70. The molecule has 1 amide bonds. The number of carbonyl (C=O) groups excluding carboxylic acids is 1. The first-order valence-electron chi connectivity index (χ1n) is 6.54. The van der Waals surface area contributed by atoms with Crippen LogP contribution in [-0.4, -0.2) is 24.0 Å². The molecular formula is C14H21N3O. The van der Waals surface area contributed by atoms with Gasteiger partial charge in [-0.05, 0) is 30.9 Å². The zero-order valence-electron chi connectivity index (χ0n) is 10.9. The Morgan fingerprint density at radius 1 is 1.56 bits per heavy atom. The summed E-state index contributed by atoms with van der Waals surface area (Å²) in [5.41, 5.74) is 6.44. The van der Waals surface area contributed by atoms with E-state index < -0.39 is 0 Å². The molecule has 1 aromatic rings. The summed E-state index contributed by atoms with van der Waals surface area (Å²) in [5.74, 6) is 0.731. The van der Waals surface area contributed by atoms with Gasteiger partial charge in [-0.1, -0.05) is 13.0 Å². The lowest BCUT2D eigenvalue weighted by molar-refractivity contribution is -0.138. The minimum atomic E-state index is -0.302. The zero-order valence-corrected chi connectivity index (χ0v) is 10.9. The van der Waals surface area contributed by atoms with E-state index in [4.69, 9.17) is 5.73 Å². The minimum Gasteiger partial charge on any atom is -0.355 e. The van der Waals surface area contributed by atoms with Gasteiger partial charge in [0, 0.05) is 31.4 Å². The molecule has 0 radical (unpaired) electrons. The molecule has 0 atom stereocenters. The molecule has 2 rings (SSSR count). The number of aromatic nitrogens is 1. The number of hydrogen-bond donors (Lipinski definition) is 2. The highest BCUT2D eigenvalue weighted by atomic mass is 16.2. The molecule has 0 saturated heterocycles. The van der Waals surface area contributed by atoms with Gasteiger partial charge < -0.3 is 11.1 Å². The normalized spacial score (nSPS) is 26.4. The second kappa shape index (κ2) is 5.48. The number of pyridine rings is 1. The Hall–Kier alpha value is -1.42. The predicted molar refractivity (Wildman–Crippen MR) is 70.8 cm³/mol. The van der Waals surface area contributed by atoms with Gasteiger partial charge in [0.05, 0.1) is 5.41 Å². The molecule has 0 unspecified atom stereocenters. The first-order chi connectivity index (χ1) is 8.66. The molecule has 3 N–H and O–H groups in total. The van der Waals surface area contributed by atoms with Crippen molar-refractivity contribution < 1.29 is 4.79 Å². The molecule has 18 heavy (non-hydrogen) atoms. The van der Waals surface area contributed by atoms with Crippen molar-refractivity contribution in [3.63, 3.8) is 0 Å². The highest BCUT2D eigenvalue weighted by molar-refractivity contribution is 5.83. The standard InChI is InChI=1S/C14H21N3O/c1-11-8-14(9-11,10-15)13(18)17-7-5-12-4-2-3-6-16-12/h2-4,6,11H,5,7-10,15H2,1H3,(H,17,18). The van der Waals surface area contributed by atoms with E-state index in [1.54, 1.807) is 6.20 Å². The number of rotatable bonds is 5. The Morgan fingerprint density at radius 2 is 2.33 bits per heavy atom. The molecule has 1 heterocycles. The topological polar surface area (TPSA) is 68.0 Å². The highest BCUT2D eigenvalue weighted by Gasteiger charge is 2.46. The van der Waals surface area contributed by atoms with Gasteiger partial charge >= 0.3 is 0 Å². The van der Waals surface area contributed by atoms with Crippen molar-refractivity contribution in [3.05, 3.63) is 30.1 Å². The van der Waals surface area contributed by atoms with Crippen LogP contribution in [0.15, 0.2) is 24.4 Å². The highest BCUT2D eigenvalue weighted by Crippen LogP contribution is 2.44. The Bertz CT molecular complexity index is 399. The minimum absolute atomic E-state index is 0.110. The van der Waals surface area contributed by atoms with Crippen molar-refractivity contribution in [2.24, 2.45) is 17.1 Å². The SMILES string of the molecule is CC1CC(CN)(C(=O)NCCc2ccccn2)C1. The average Bonchev–Trinajstić information content (AvgIpc) is 2.36. The summed E-state index contributed by atoms with van der Waals surface area (Å²) >= 11 is 0. The van der Waals surface area contributed by atoms with Gasteiger partial charge in [-0.25, -0.2) is 0 Å².